The van der Waals surface area contributed by atoms with E-state index in [4.69, 9.17) is 0 Å². The number of hydrogen-bond donors (Lipinski definition) is 0. The van der Waals surface area contributed by atoms with Crippen molar-refractivity contribution in [2.45, 2.75) is 23.9 Å². The number of carbonyl (C=O) groups excluding carboxylic acids is 2. The molecule has 158 valence electrons. The minimum Gasteiger partial charge on any atom is -0.338 e. The summed E-state index contributed by atoms with van der Waals surface area (Å²) in [6.45, 7) is 0.706. The molecule has 0 unspecified atom stereocenters. The molecule has 2 amide bonds. The quantitative estimate of drug-likeness (QED) is 0.646. The van der Waals surface area contributed by atoms with E-state index in [1.54, 1.807) is 4.90 Å². The molecule has 9 heteroatoms. The van der Waals surface area contributed by atoms with Gasteiger partial charge in [0.15, 0.2) is 0 Å². The van der Waals surface area contributed by atoms with Crippen LogP contribution >= 0.6 is 11.8 Å². The Labute approximate surface area is 174 Å². The number of rotatable bonds is 2. The number of thioether (sulfide) groups is 1. The first-order valence-corrected chi connectivity index (χ1v) is 10.4. The summed E-state index contributed by atoms with van der Waals surface area (Å²) in [5, 5.41) is 0. The predicted octanol–water partition coefficient (Wildman–Crippen LogP) is 4.56. The van der Waals surface area contributed by atoms with Crippen molar-refractivity contribution < 1.29 is 27.2 Å². The molecule has 0 radical (unpaired) electrons. The fraction of sp³-hybridized carbons (Fsp3) is 0.333. The topological polar surface area (TPSA) is 40.6 Å². The number of likely N-dealkylation sites (tertiary alicyclic amines) is 1. The number of benzene rings is 2. The summed E-state index contributed by atoms with van der Waals surface area (Å²) in [4.78, 5) is 27.7. The van der Waals surface area contributed by atoms with Crippen LogP contribution in [-0.4, -0.2) is 40.4 Å². The van der Waals surface area contributed by atoms with Gasteiger partial charge >= 0.3 is 6.18 Å². The first kappa shape index (κ1) is 20.7. The minimum atomic E-state index is -4.50. The number of alkyl halides is 3. The molecule has 0 aliphatic carbocycles. The Kier molecular flexibility index (Phi) is 5.25. The normalized spacial score (nSPS) is 18.9. The highest BCUT2D eigenvalue weighted by atomic mass is 32.2. The summed E-state index contributed by atoms with van der Waals surface area (Å²) in [5.41, 5.74) is -0.209. The number of amides is 2. The zero-order valence-corrected chi connectivity index (χ0v) is 16.6. The molecule has 2 fully saturated rings. The molecule has 4 nitrogen and oxygen atoms in total. The molecule has 2 aromatic carbocycles. The van der Waals surface area contributed by atoms with Crippen LogP contribution in [0.25, 0.3) is 0 Å². The van der Waals surface area contributed by atoms with E-state index < -0.39 is 22.4 Å². The van der Waals surface area contributed by atoms with Gasteiger partial charge in [-0.05, 0) is 55.3 Å². The van der Waals surface area contributed by atoms with Crippen LogP contribution in [0.5, 0.6) is 0 Å². The maximum Gasteiger partial charge on any atom is 0.416 e. The van der Waals surface area contributed by atoms with Crippen LogP contribution in [0.1, 0.15) is 28.8 Å². The van der Waals surface area contributed by atoms with Crippen LogP contribution < -0.4 is 4.90 Å². The fourth-order valence-corrected chi connectivity index (χ4v) is 5.28. The molecule has 0 bridgehead atoms. The van der Waals surface area contributed by atoms with Crippen molar-refractivity contribution in [3.8, 4) is 0 Å². The summed E-state index contributed by atoms with van der Waals surface area (Å²) in [6.07, 6.45) is -3.62. The molecular formula is C21H18F4N2O2S. The number of piperidine rings is 1. The van der Waals surface area contributed by atoms with E-state index in [0.29, 0.717) is 31.5 Å². The average Bonchev–Trinajstić information content (AvgIpc) is 3.04. The van der Waals surface area contributed by atoms with Gasteiger partial charge in [0.1, 0.15) is 5.82 Å². The Balaban J connectivity index is 1.54. The zero-order chi connectivity index (χ0) is 21.5. The summed E-state index contributed by atoms with van der Waals surface area (Å²) in [5.74, 6) is -0.716. The molecule has 0 N–H and O–H groups in total. The second kappa shape index (κ2) is 7.61. The molecule has 2 aliphatic heterocycles. The second-order valence-corrected chi connectivity index (χ2v) is 8.65. The molecule has 2 saturated heterocycles. The van der Waals surface area contributed by atoms with Gasteiger partial charge in [-0.3, -0.25) is 14.5 Å². The van der Waals surface area contributed by atoms with Gasteiger partial charge in [0, 0.05) is 24.3 Å². The van der Waals surface area contributed by atoms with Crippen LogP contribution in [0.4, 0.5) is 23.2 Å². The summed E-state index contributed by atoms with van der Waals surface area (Å²) >= 11 is 1.41. The standard InChI is InChI=1S/C21H18F4N2O2S/c22-16-6-4-14(5-7-16)19(29)26-10-8-20(9-11-26)27(18(28)13-30-20)17-3-1-2-15(12-17)21(23,24)25/h1-7,12H,8-11,13H2. The van der Waals surface area contributed by atoms with Crippen molar-refractivity contribution in [1.82, 2.24) is 4.90 Å². The molecule has 0 saturated carbocycles. The Bertz CT molecular complexity index is 970. The smallest absolute Gasteiger partial charge is 0.338 e. The number of nitrogens with zero attached hydrogens (tertiary/aromatic N) is 2. The van der Waals surface area contributed by atoms with Gasteiger partial charge in [-0.25, -0.2) is 4.39 Å². The third-order valence-electron chi connectivity index (χ3n) is 5.48. The molecule has 2 heterocycles. The van der Waals surface area contributed by atoms with Crippen molar-refractivity contribution in [3.05, 3.63) is 65.5 Å². The van der Waals surface area contributed by atoms with Gasteiger partial charge in [-0.1, -0.05) is 6.07 Å². The minimum absolute atomic E-state index is 0.183. The first-order valence-electron chi connectivity index (χ1n) is 9.39. The van der Waals surface area contributed by atoms with Gasteiger partial charge in [0.2, 0.25) is 5.91 Å². The van der Waals surface area contributed by atoms with Gasteiger partial charge < -0.3 is 4.90 Å². The molecule has 0 aromatic heterocycles. The number of halogens is 4. The average molecular weight is 438 g/mol. The second-order valence-electron chi connectivity index (χ2n) is 7.31. The third-order valence-corrected chi connectivity index (χ3v) is 7.00. The monoisotopic (exact) mass is 438 g/mol. The predicted molar refractivity (Wildman–Crippen MR) is 106 cm³/mol. The van der Waals surface area contributed by atoms with Crippen LogP contribution in [0.15, 0.2) is 48.5 Å². The summed E-state index contributed by atoms with van der Waals surface area (Å²) in [6, 6.07) is 10.1. The molecule has 4 rings (SSSR count). The Hall–Kier alpha value is -2.55. The van der Waals surface area contributed by atoms with Crippen LogP contribution in [0.2, 0.25) is 0 Å². The lowest BCUT2D eigenvalue weighted by molar-refractivity contribution is -0.137. The lowest BCUT2D eigenvalue weighted by Gasteiger charge is -2.44. The molecule has 30 heavy (non-hydrogen) atoms. The largest absolute Gasteiger partial charge is 0.416 e. The summed E-state index contributed by atoms with van der Waals surface area (Å²) < 4.78 is 52.5. The van der Waals surface area contributed by atoms with Crippen LogP contribution in [0.3, 0.4) is 0 Å². The van der Waals surface area contributed by atoms with E-state index in [1.165, 1.54) is 53.1 Å². The lowest BCUT2D eigenvalue weighted by atomic mass is 9.99. The van der Waals surface area contributed by atoms with E-state index in [0.717, 1.165) is 12.1 Å². The fourth-order valence-electron chi connectivity index (χ4n) is 3.96. The summed E-state index contributed by atoms with van der Waals surface area (Å²) in [7, 11) is 0. The number of carbonyl (C=O) groups is 2. The Morgan fingerprint density at radius 3 is 2.33 bits per heavy atom. The van der Waals surface area contributed by atoms with Crippen molar-refractivity contribution >= 4 is 29.3 Å². The first-order chi connectivity index (χ1) is 14.2. The molecule has 2 aromatic rings. The highest BCUT2D eigenvalue weighted by Crippen LogP contribution is 2.47. The van der Waals surface area contributed by atoms with E-state index in [-0.39, 0.29) is 23.3 Å². The van der Waals surface area contributed by atoms with Crippen molar-refractivity contribution in [2.75, 3.05) is 23.7 Å². The van der Waals surface area contributed by atoms with E-state index in [9.17, 15) is 27.2 Å². The van der Waals surface area contributed by atoms with Crippen LogP contribution in [0, 0.1) is 5.82 Å². The zero-order valence-electron chi connectivity index (χ0n) is 15.8. The lowest BCUT2D eigenvalue weighted by Crippen LogP contribution is -2.53. The van der Waals surface area contributed by atoms with Gasteiger partial charge in [-0.15, -0.1) is 11.8 Å². The maximum absolute atomic E-state index is 13.1. The Morgan fingerprint density at radius 2 is 1.70 bits per heavy atom. The number of hydrogen-bond acceptors (Lipinski definition) is 3. The van der Waals surface area contributed by atoms with E-state index >= 15 is 0 Å². The molecule has 1 spiro atoms. The molecule has 2 aliphatic rings. The maximum atomic E-state index is 13.1. The van der Waals surface area contributed by atoms with Gasteiger partial charge in [0.25, 0.3) is 5.91 Å². The highest BCUT2D eigenvalue weighted by Gasteiger charge is 2.49. The molecule has 0 atom stereocenters. The third kappa shape index (κ3) is 3.78. The van der Waals surface area contributed by atoms with E-state index in [2.05, 4.69) is 0 Å². The van der Waals surface area contributed by atoms with Crippen LogP contribution in [-0.2, 0) is 11.0 Å². The molecular weight excluding hydrogens is 420 g/mol. The van der Waals surface area contributed by atoms with Crippen molar-refractivity contribution in [2.24, 2.45) is 0 Å². The Morgan fingerprint density at radius 1 is 1.03 bits per heavy atom. The highest BCUT2D eigenvalue weighted by molar-refractivity contribution is 8.02. The van der Waals surface area contributed by atoms with Gasteiger partial charge in [-0.2, -0.15) is 13.2 Å². The van der Waals surface area contributed by atoms with Crippen molar-refractivity contribution in [1.29, 1.82) is 0 Å². The van der Waals surface area contributed by atoms with Gasteiger partial charge in [0.05, 0.1) is 16.2 Å². The number of anilines is 1. The SMILES string of the molecule is O=C(c1ccc(F)cc1)N1CCC2(CC1)SCC(=O)N2c1cccc(C(F)(F)F)c1. The van der Waals surface area contributed by atoms with Crippen molar-refractivity contribution in [3.63, 3.8) is 0 Å². The van der Waals surface area contributed by atoms with E-state index in [1.807, 2.05) is 0 Å².